The first-order valence-electron chi connectivity index (χ1n) is 8.79. The van der Waals surface area contributed by atoms with Crippen LogP contribution in [-0.2, 0) is 24.5 Å². The van der Waals surface area contributed by atoms with Gasteiger partial charge in [0.1, 0.15) is 5.41 Å². The molecule has 2 rings (SSSR count). The first-order valence-corrected chi connectivity index (χ1v) is 8.79. The molecule has 2 amide bonds. The minimum absolute atomic E-state index is 0.0642. The van der Waals surface area contributed by atoms with Crippen LogP contribution in [0.1, 0.15) is 39.7 Å². The fourth-order valence-electron chi connectivity index (χ4n) is 3.14. The van der Waals surface area contributed by atoms with Crippen molar-refractivity contribution in [2.24, 2.45) is 5.92 Å². The Morgan fingerprint density at radius 3 is 2.31 bits per heavy atom. The molecular weight excluding hydrogens is 338 g/mol. The summed E-state index contributed by atoms with van der Waals surface area (Å²) in [7, 11) is 0. The van der Waals surface area contributed by atoms with E-state index < -0.39 is 29.1 Å². The van der Waals surface area contributed by atoms with Gasteiger partial charge in [-0.05, 0) is 45.4 Å². The molecule has 2 atom stereocenters. The minimum atomic E-state index is -1.32. The number of esters is 1. The molecule has 0 spiro atoms. The van der Waals surface area contributed by atoms with Crippen molar-refractivity contribution in [2.75, 3.05) is 19.8 Å². The van der Waals surface area contributed by atoms with E-state index in [2.05, 4.69) is 5.32 Å². The van der Waals surface area contributed by atoms with Crippen LogP contribution >= 0.6 is 0 Å². The van der Waals surface area contributed by atoms with Crippen LogP contribution in [0.3, 0.4) is 0 Å². The zero-order valence-electron chi connectivity index (χ0n) is 15.6. The van der Waals surface area contributed by atoms with E-state index in [1.54, 1.807) is 32.0 Å². The molecular formula is C19H25NO6. The molecule has 1 N–H and O–H groups in total. The number of hydrogen-bond donors (Lipinski definition) is 1. The highest BCUT2D eigenvalue weighted by atomic mass is 16.5. The fraction of sp³-hybridized carbons (Fsp3) is 0.526. The third-order valence-corrected chi connectivity index (χ3v) is 4.51. The van der Waals surface area contributed by atoms with Gasteiger partial charge in [-0.15, -0.1) is 0 Å². The molecule has 1 heterocycles. The quantitative estimate of drug-likeness (QED) is 0.561. The van der Waals surface area contributed by atoms with Crippen molar-refractivity contribution < 1.29 is 28.6 Å². The van der Waals surface area contributed by atoms with Crippen molar-refractivity contribution in [1.29, 1.82) is 0 Å². The minimum Gasteiger partial charge on any atom is -0.490 e. The summed E-state index contributed by atoms with van der Waals surface area (Å²) in [6, 6.07) is 5.10. The molecule has 1 aromatic carbocycles. The Bertz CT molecular complexity index is 701. The normalized spacial score (nSPS) is 18.8. The van der Waals surface area contributed by atoms with E-state index in [0.717, 1.165) is 0 Å². The lowest BCUT2D eigenvalue weighted by Crippen LogP contribution is -2.45. The average molecular weight is 363 g/mol. The predicted molar refractivity (Wildman–Crippen MR) is 94.0 cm³/mol. The van der Waals surface area contributed by atoms with Gasteiger partial charge in [-0.25, -0.2) is 0 Å². The van der Waals surface area contributed by atoms with Crippen LogP contribution in [0.2, 0.25) is 0 Å². The summed E-state index contributed by atoms with van der Waals surface area (Å²) >= 11 is 0. The lowest BCUT2D eigenvalue weighted by molar-refractivity contribution is -0.154. The molecule has 7 nitrogen and oxygen atoms in total. The summed E-state index contributed by atoms with van der Waals surface area (Å²) in [6.45, 7) is 8.08. The van der Waals surface area contributed by atoms with Crippen LogP contribution in [0.4, 0.5) is 0 Å². The number of hydrogen-bond acceptors (Lipinski definition) is 6. The van der Waals surface area contributed by atoms with E-state index in [1.807, 2.05) is 13.8 Å². The number of imide groups is 1. The van der Waals surface area contributed by atoms with Gasteiger partial charge in [-0.1, -0.05) is 6.07 Å². The van der Waals surface area contributed by atoms with Crippen molar-refractivity contribution in [3.05, 3.63) is 23.8 Å². The van der Waals surface area contributed by atoms with Crippen molar-refractivity contribution in [1.82, 2.24) is 5.32 Å². The van der Waals surface area contributed by atoms with Crippen LogP contribution in [0.25, 0.3) is 0 Å². The summed E-state index contributed by atoms with van der Waals surface area (Å²) in [4.78, 5) is 36.8. The van der Waals surface area contributed by atoms with E-state index in [4.69, 9.17) is 14.2 Å². The van der Waals surface area contributed by atoms with Crippen molar-refractivity contribution in [3.63, 3.8) is 0 Å². The molecule has 1 aromatic rings. The second-order valence-corrected chi connectivity index (χ2v) is 6.12. The lowest BCUT2D eigenvalue weighted by Gasteiger charge is -2.32. The zero-order valence-corrected chi connectivity index (χ0v) is 15.6. The van der Waals surface area contributed by atoms with Gasteiger partial charge in [0.25, 0.3) is 0 Å². The van der Waals surface area contributed by atoms with Gasteiger partial charge in [0.05, 0.1) is 25.7 Å². The van der Waals surface area contributed by atoms with E-state index in [9.17, 15) is 14.4 Å². The number of carbonyl (C=O) groups is 3. The number of rotatable bonds is 8. The van der Waals surface area contributed by atoms with E-state index >= 15 is 0 Å². The van der Waals surface area contributed by atoms with Crippen LogP contribution in [-0.4, -0.2) is 37.6 Å². The highest BCUT2D eigenvalue weighted by Gasteiger charge is 2.52. The number of nitrogens with one attached hydrogen (secondary N) is 1. The maximum absolute atomic E-state index is 12.8. The lowest BCUT2D eigenvalue weighted by atomic mass is 9.70. The number of benzene rings is 1. The van der Waals surface area contributed by atoms with Gasteiger partial charge in [0.2, 0.25) is 11.8 Å². The Morgan fingerprint density at radius 2 is 1.77 bits per heavy atom. The molecule has 0 bridgehead atoms. The molecule has 1 aliphatic rings. The topological polar surface area (TPSA) is 90.9 Å². The highest BCUT2D eigenvalue weighted by Crippen LogP contribution is 2.41. The van der Waals surface area contributed by atoms with Gasteiger partial charge in [0, 0.05) is 6.42 Å². The van der Waals surface area contributed by atoms with E-state index in [-0.39, 0.29) is 13.0 Å². The van der Waals surface area contributed by atoms with Crippen molar-refractivity contribution in [2.45, 2.75) is 39.5 Å². The second kappa shape index (κ2) is 8.21. The predicted octanol–water partition coefficient (Wildman–Crippen LogP) is 1.97. The first kappa shape index (κ1) is 19.8. The fourth-order valence-corrected chi connectivity index (χ4v) is 3.14. The number of amides is 2. The number of carbonyl (C=O) groups excluding carboxylic acids is 3. The van der Waals surface area contributed by atoms with Crippen LogP contribution in [0.5, 0.6) is 11.5 Å². The summed E-state index contributed by atoms with van der Waals surface area (Å²) in [5.41, 5.74) is -0.777. The molecule has 0 aliphatic carbocycles. The molecule has 142 valence electrons. The maximum atomic E-state index is 12.8. The molecule has 0 radical (unpaired) electrons. The summed E-state index contributed by atoms with van der Waals surface area (Å²) in [5, 5.41) is 2.27. The van der Waals surface area contributed by atoms with Gasteiger partial charge < -0.3 is 14.2 Å². The molecule has 1 saturated heterocycles. The van der Waals surface area contributed by atoms with Crippen molar-refractivity contribution >= 4 is 17.8 Å². The van der Waals surface area contributed by atoms with Gasteiger partial charge >= 0.3 is 5.97 Å². The van der Waals surface area contributed by atoms with Gasteiger partial charge in [0.15, 0.2) is 11.5 Å². The Balaban J connectivity index is 2.55. The largest absolute Gasteiger partial charge is 0.490 e. The first-order chi connectivity index (χ1) is 12.4. The Morgan fingerprint density at radius 1 is 1.12 bits per heavy atom. The standard InChI is InChI=1S/C19H25NO6/c1-5-24-14-9-8-12(10-15(14)25-6-2)19(4,18(23)26-7-3)13-11-16(21)20-17(13)22/h8-10,13H,5-7,11H2,1-4H3,(H,20,21,22). The third-order valence-electron chi connectivity index (χ3n) is 4.51. The van der Waals surface area contributed by atoms with E-state index in [0.29, 0.717) is 30.3 Å². The smallest absolute Gasteiger partial charge is 0.317 e. The Kier molecular flexibility index (Phi) is 6.23. The molecule has 1 fully saturated rings. The Hall–Kier alpha value is -2.57. The van der Waals surface area contributed by atoms with Crippen molar-refractivity contribution in [3.8, 4) is 11.5 Å². The monoisotopic (exact) mass is 363 g/mol. The molecule has 26 heavy (non-hydrogen) atoms. The molecule has 0 saturated carbocycles. The summed E-state index contributed by atoms with van der Waals surface area (Å²) < 4.78 is 16.4. The molecule has 1 aliphatic heterocycles. The Labute approximate surface area is 153 Å². The molecule has 7 heteroatoms. The van der Waals surface area contributed by atoms with E-state index in [1.165, 1.54) is 0 Å². The van der Waals surface area contributed by atoms with Gasteiger partial charge in [-0.2, -0.15) is 0 Å². The molecule has 2 unspecified atom stereocenters. The maximum Gasteiger partial charge on any atom is 0.317 e. The SMILES string of the molecule is CCOC(=O)C(C)(c1ccc(OCC)c(OCC)c1)C1CC(=O)NC1=O. The summed E-state index contributed by atoms with van der Waals surface area (Å²) in [5.74, 6) is -1.24. The molecule has 0 aromatic heterocycles. The number of ether oxygens (including phenoxy) is 3. The zero-order chi connectivity index (χ0) is 19.3. The second-order valence-electron chi connectivity index (χ2n) is 6.12. The van der Waals surface area contributed by atoms with Crippen LogP contribution < -0.4 is 14.8 Å². The summed E-state index contributed by atoms with van der Waals surface area (Å²) in [6.07, 6.45) is -0.0642. The van der Waals surface area contributed by atoms with Gasteiger partial charge in [-0.3, -0.25) is 19.7 Å². The van der Waals surface area contributed by atoms with Crippen LogP contribution in [0, 0.1) is 5.92 Å². The third kappa shape index (κ3) is 3.66. The highest BCUT2D eigenvalue weighted by molar-refractivity contribution is 6.07. The van der Waals surface area contributed by atoms with Crippen LogP contribution in [0.15, 0.2) is 18.2 Å². The average Bonchev–Trinajstić information content (AvgIpc) is 2.95.